The van der Waals surface area contributed by atoms with Gasteiger partial charge in [-0.25, -0.2) is 9.50 Å². The van der Waals surface area contributed by atoms with E-state index in [1.165, 1.54) is 11.1 Å². The van der Waals surface area contributed by atoms with Gasteiger partial charge in [-0.15, -0.1) is 0 Å². The third-order valence-electron chi connectivity index (χ3n) is 3.57. The molecule has 0 saturated carbocycles. The number of fused-ring (bicyclic) bond motifs is 1. The van der Waals surface area contributed by atoms with Crippen molar-refractivity contribution in [3.05, 3.63) is 54.0 Å². The smallest absolute Gasteiger partial charge is 0.163 e. The first-order chi connectivity index (χ1) is 9.47. The quantitative estimate of drug-likeness (QED) is 0.665. The Labute approximate surface area is 119 Å². The lowest BCUT2D eigenvalue weighted by Gasteiger charge is -2.17. The largest absolute Gasteiger partial charge is 0.232 e. The molecule has 0 bridgehead atoms. The van der Waals surface area contributed by atoms with Crippen LogP contribution in [0.2, 0.25) is 0 Å². The Hall–Kier alpha value is -2.16. The third-order valence-corrected chi connectivity index (χ3v) is 3.57. The fraction of sp³-hybridized carbons (Fsp3) is 0.294. The van der Waals surface area contributed by atoms with Crippen molar-refractivity contribution >= 4 is 5.65 Å². The van der Waals surface area contributed by atoms with E-state index >= 15 is 0 Å². The summed E-state index contributed by atoms with van der Waals surface area (Å²) in [4.78, 5) is 4.82. The summed E-state index contributed by atoms with van der Waals surface area (Å²) in [5, 5.41) is 4.41. The molecule has 0 radical (unpaired) electrons. The molecule has 102 valence electrons. The molecule has 0 saturated heterocycles. The van der Waals surface area contributed by atoms with Gasteiger partial charge >= 0.3 is 0 Å². The van der Waals surface area contributed by atoms with Crippen molar-refractivity contribution in [1.82, 2.24) is 14.6 Å². The van der Waals surface area contributed by atoms with E-state index < -0.39 is 0 Å². The van der Waals surface area contributed by atoms with Gasteiger partial charge in [0.2, 0.25) is 0 Å². The minimum atomic E-state index is 0.0367. The topological polar surface area (TPSA) is 30.2 Å². The first-order valence-corrected chi connectivity index (χ1v) is 6.88. The van der Waals surface area contributed by atoms with Gasteiger partial charge in [0.1, 0.15) is 0 Å². The number of benzene rings is 1. The highest BCUT2D eigenvalue weighted by Crippen LogP contribution is 2.28. The summed E-state index contributed by atoms with van der Waals surface area (Å²) in [7, 11) is 0. The lowest BCUT2D eigenvalue weighted by molar-refractivity contribution is 0.568. The summed E-state index contributed by atoms with van der Waals surface area (Å²) in [6, 6.07) is 10.4. The van der Waals surface area contributed by atoms with Gasteiger partial charge in [-0.05, 0) is 24.1 Å². The number of nitrogens with zero attached hydrogens (tertiary/aromatic N) is 3. The number of hydrogen-bond acceptors (Lipinski definition) is 2. The van der Waals surface area contributed by atoms with Crippen LogP contribution in [0.1, 0.15) is 32.0 Å². The molecule has 2 aromatic heterocycles. The van der Waals surface area contributed by atoms with Gasteiger partial charge < -0.3 is 0 Å². The highest BCUT2D eigenvalue weighted by atomic mass is 15.2. The van der Waals surface area contributed by atoms with Gasteiger partial charge in [-0.3, -0.25) is 0 Å². The van der Waals surface area contributed by atoms with E-state index in [0.29, 0.717) is 0 Å². The molecular formula is C17H19N3. The van der Waals surface area contributed by atoms with E-state index in [4.69, 9.17) is 4.98 Å². The second-order valence-electron chi connectivity index (χ2n) is 6.20. The van der Waals surface area contributed by atoms with Crippen LogP contribution < -0.4 is 0 Å². The molecule has 3 heteroatoms. The normalized spacial score (nSPS) is 12.0. The van der Waals surface area contributed by atoms with Gasteiger partial charge in [0.25, 0.3) is 0 Å². The predicted octanol–water partition coefficient (Wildman–Crippen LogP) is 4.00. The summed E-state index contributed by atoms with van der Waals surface area (Å²) in [5.41, 5.74) is 5.57. The van der Waals surface area contributed by atoms with Crippen molar-refractivity contribution < 1.29 is 0 Å². The summed E-state index contributed by atoms with van der Waals surface area (Å²) < 4.78 is 1.84. The molecule has 3 nitrogen and oxygen atoms in total. The Morgan fingerprint density at radius 2 is 1.75 bits per heavy atom. The van der Waals surface area contributed by atoms with Gasteiger partial charge in [0.15, 0.2) is 5.65 Å². The van der Waals surface area contributed by atoms with Gasteiger partial charge in [-0.2, -0.15) is 5.10 Å². The molecule has 0 atom stereocenters. The molecule has 2 heterocycles. The Morgan fingerprint density at radius 3 is 2.45 bits per heavy atom. The van der Waals surface area contributed by atoms with Crippen LogP contribution in [-0.2, 0) is 5.41 Å². The van der Waals surface area contributed by atoms with E-state index in [0.717, 1.165) is 16.9 Å². The maximum absolute atomic E-state index is 4.82. The van der Waals surface area contributed by atoms with E-state index in [1.807, 2.05) is 23.0 Å². The molecule has 0 amide bonds. The van der Waals surface area contributed by atoms with E-state index in [2.05, 4.69) is 57.1 Å². The van der Waals surface area contributed by atoms with E-state index in [-0.39, 0.29) is 5.41 Å². The fourth-order valence-corrected chi connectivity index (χ4v) is 2.35. The molecule has 0 N–H and O–H groups in total. The van der Waals surface area contributed by atoms with Crippen molar-refractivity contribution in [1.29, 1.82) is 0 Å². The lowest BCUT2D eigenvalue weighted by Crippen LogP contribution is -2.14. The van der Waals surface area contributed by atoms with Crippen molar-refractivity contribution in [2.24, 2.45) is 0 Å². The zero-order valence-electron chi connectivity index (χ0n) is 12.4. The zero-order chi connectivity index (χ0) is 14.3. The highest BCUT2D eigenvalue weighted by Gasteiger charge is 2.18. The summed E-state index contributed by atoms with van der Waals surface area (Å²) >= 11 is 0. The number of rotatable bonds is 1. The van der Waals surface area contributed by atoms with Crippen molar-refractivity contribution in [2.75, 3.05) is 0 Å². The highest BCUT2D eigenvalue weighted by molar-refractivity contribution is 5.79. The summed E-state index contributed by atoms with van der Waals surface area (Å²) in [6.07, 6.45) is 3.89. The molecule has 3 aromatic rings. The molecule has 3 rings (SSSR count). The molecule has 20 heavy (non-hydrogen) atoms. The van der Waals surface area contributed by atoms with Gasteiger partial charge in [-0.1, -0.05) is 45.0 Å². The molecule has 1 aromatic carbocycles. The van der Waals surface area contributed by atoms with Crippen LogP contribution in [0.15, 0.2) is 42.7 Å². The van der Waals surface area contributed by atoms with Crippen LogP contribution in [0, 0.1) is 6.92 Å². The van der Waals surface area contributed by atoms with Crippen molar-refractivity contribution in [3.63, 3.8) is 0 Å². The third kappa shape index (κ3) is 2.09. The second kappa shape index (κ2) is 4.44. The molecule has 0 aliphatic carbocycles. The minimum absolute atomic E-state index is 0.0367. The Balaban J connectivity index is 2.25. The van der Waals surface area contributed by atoms with Gasteiger partial charge in [0.05, 0.1) is 6.20 Å². The maximum atomic E-state index is 4.82. The van der Waals surface area contributed by atoms with Crippen LogP contribution >= 0.6 is 0 Å². The van der Waals surface area contributed by atoms with Gasteiger partial charge in [0, 0.05) is 22.9 Å². The van der Waals surface area contributed by atoms with Crippen LogP contribution in [0.25, 0.3) is 16.8 Å². The first kappa shape index (κ1) is 12.9. The van der Waals surface area contributed by atoms with Crippen LogP contribution in [-0.4, -0.2) is 14.6 Å². The average Bonchev–Trinajstić information content (AvgIpc) is 2.81. The lowest BCUT2D eigenvalue weighted by atomic mass is 9.92. The monoisotopic (exact) mass is 265 g/mol. The Morgan fingerprint density at radius 1 is 1.00 bits per heavy atom. The van der Waals surface area contributed by atoms with Crippen LogP contribution in [0.3, 0.4) is 0 Å². The standard InChI is InChI=1S/C17H19N3/c1-12-7-5-6-8-13(12)14-11-18-20-10-9-15(17(2,3)4)19-16(14)20/h5-11H,1-4H3. The van der Waals surface area contributed by atoms with Crippen molar-refractivity contribution in [2.45, 2.75) is 33.1 Å². The van der Waals surface area contributed by atoms with Crippen LogP contribution in [0.4, 0.5) is 0 Å². The maximum Gasteiger partial charge on any atom is 0.163 e. The van der Waals surface area contributed by atoms with Crippen LogP contribution in [0.5, 0.6) is 0 Å². The molecule has 0 aliphatic rings. The average molecular weight is 265 g/mol. The Bertz CT molecular complexity index is 763. The summed E-state index contributed by atoms with van der Waals surface area (Å²) in [6.45, 7) is 8.65. The first-order valence-electron chi connectivity index (χ1n) is 6.88. The number of aryl methyl sites for hydroxylation is 1. The molecular weight excluding hydrogens is 246 g/mol. The fourth-order valence-electron chi connectivity index (χ4n) is 2.35. The number of hydrogen-bond donors (Lipinski definition) is 0. The second-order valence-corrected chi connectivity index (χ2v) is 6.20. The molecule has 0 unspecified atom stereocenters. The predicted molar refractivity (Wildman–Crippen MR) is 81.9 cm³/mol. The summed E-state index contributed by atoms with van der Waals surface area (Å²) in [5.74, 6) is 0. The number of aromatic nitrogens is 3. The molecule has 0 aliphatic heterocycles. The SMILES string of the molecule is Cc1ccccc1-c1cnn2ccc(C(C)(C)C)nc12. The Kier molecular flexibility index (Phi) is 2.85. The molecule has 0 spiro atoms. The molecule has 0 fully saturated rings. The van der Waals surface area contributed by atoms with E-state index in [9.17, 15) is 0 Å². The minimum Gasteiger partial charge on any atom is -0.232 e. The zero-order valence-corrected chi connectivity index (χ0v) is 12.4. The van der Waals surface area contributed by atoms with Crippen molar-refractivity contribution in [3.8, 4) is 11.1 Å². The van der Waals surface area contributed by atoms with E-state index in [1.54, 1.807) is 0 Å².